The van der Waals surface area contributed by atoms with Crippen molar-refractivity contribution in [3.05, 3.63) is 132 Å². The van der Waals surface area contributed by atoms with Gasteiger partial charge in [-0.3, -0.25) is 0 Å². The van der Waals surface area contributed by atoms with Crippen LogP contribution in [0.2, 0.25) is 0 Å². The summed E-state index contributed by atoms with van der Waals surface area (Å²) in [5.41, 5.74) is 9.31. The predicted molar refractivity (Wildman–Crippen MR) is 143 cm³/mol. The van der Waals surface area contributed by atoms with E-state index in [1.54, 1.807) is 0 Å². The number of halogens is 1. The van der Waals surface area contributed by atoms with E-state index in [1.165, 1.54) is 11.1 Å². The van der Waals surface area contributed by atoms with Crippen molar-refractivity contribution in [2.45, 2.75) is 0 Å². The molecule has 0 aromatic heterocycles. The molecule has 1 aliphatic rings. The fourth-order valence-electron chi connectivity index (χ4n) is 4.57. The minimum Gasteiger partial charge on any atom is -0.306 e. The van der Waals surface area contributed by atoms with Crippen LogP contribution in [0.4, 0.5) is 34.1 Å². The largest absolute Gasteiger partial charge is 0.306 e. The molecule has 0 unspecified atom stereocenters. The lowest BCUT2D eigenvalue weighted by Crippen LogP contribution is -2.23. The highest BCUT2D eigenvalue weighted by Gasteiger charge is 2.29. The third-order valence-electron chi connectivity index (χ3n) is 6.00. The molecule has 3 heteroatoms. The van der Waals surface area contributed by atoms with E-state index in [9.17, 15) is 0 Å². The topological polar surface area (TPSA) is 6.48 Å². The molecule has 6 rings (SSSR count). The molecule has 5 aromatic carbocycles. The summed E-state index contributed by atoms with van der Waals surface area (Å²) in [7, 11) is 0. The molecule has 5 aromatic rings. The molecule has 1 heterocycles. The van der Waals surface area contributed by atoms with E-state index in [-0.39, 0.29) is 0 Å². The second-order valence-electron chi connectivity index (χ2n) is 8.04. The third kappa shape index (κ3) is 3.51. The Kier molecular flexibility index (Phi) is 4.97. The quantitative estimate of drug-likeness (QED) is 0.244. The first-order valence-corrected chi connectivity index (χ1v) is 11.8. The SMILES string of the molecule is Brc1cccc(-c2cccc(N3c4ccccc4N(c4ccccc4)c4ccccc43)c2)c1. The Balaban J connectivity index is 1.56. The summed E-state index contributed by atoms with van der Waals surface area (Å²) in [6.45, 7) is 0. The van der Waals surface area contributed by atoms with Gasteiger partial charge >= 0.3 is 0 Å². The maximum absolute atomic E-state index is 3.61. The zero-order valence-electron chi connectivity index (χ0n) is 17.9. The first-order valence-electron chi connectivity index (χ1n) is 11.0. The summed E-state index contributed by atoms with van der Waals surface area (Å²) in [4.78, 5) is 4.71. The lowest BCUT2D eigenvalue weighted by atomic mass is 10.0. The van der Waals surface area contributed by atoms with Gasteiger partial charge in [-0.05, 0) is 71.8 Å². The molecule has 0 saturated heterocycles. The van der Waals surface area contributed by atoms with Gasteiger partial charge in [0, 0.05) is 15.8 Å². The van der Waals surface area contributed by atoms with E-state index in [1.807, 2.05) is 0 Å². The van der Waals surface area contributed by atoms with Crippen molar-refractivity contribution in [3.63, 3.8) is 0 Å². The van der Waals surface area contributed by atoms with Crippen LogP contribution in [-0.4, -0.2) is 0 Å². The van der Waals surface area contributed by atoms with Gasteiger partial charge < -0.3 is 9.80 Å². The summed E-state index contributed by atoms with van der Waals surface area (Å²) < 4.78 is 1.08. The van der Waals surface area contributed by atoms with Crippen molar-refractivity contribution < 1.29 is 0 Å². The van der Waals surface area contributed by atoms with Crippen LogP contribution in [0, 0.1) is 0 Å². The molecule has 0 radical (unpaired) electrons. The first-order chi connectivity index (χ1) is 16.3. The molecule has 0 fully saturated rings. The number of fused-ring (bicyclic) bond motifs is 2. The minimum atomic E-state index is 1.08. The minimum absolute atomic E-state index is 1.08. The first kappa shape index (κ1) is 19.8. The van der Waals surface area contributed by atoms with Crippen LogP contribution in [-0.2, 0) is 0 Å². The Morgan fingerprint density at radius 3 is 1.42 bits per heavy atom. The number of para-hydroxylation sites is 5. The molecular weight excluding hydrogens is 468 g/mol. The van der Waals surface area contributed by atoms with E-state index < -0.39 is 0 Å². The lowest BCUT2D eigenvalue weighted by Gasteiger charge is -2.40. The van der Waals surface area contributed by atoms with E-state index in [2.05, 4.69) is 153 Å². The van der Waals surface area contributed by atoms with Crippen molar-refractivity contribution in [1.29, 1.82) is 0 Å². The molecule has 33 heavy (non-hydrogen) atoms. The Labute approximate surface area is 202 Å². The second-order valence-corrected chi connectivity index (χ2v) is 8.96. The molecule has 0 amide bonds. The third-order valence-corrected chi connectivity index (χ3v) is 6.50. The van der Waals surface area contributed by atoms with Gasteiger partial charge in [0.15, 0.2) is 0 Å². The Bertz CT molecular complexity index is 1400. The van der Waals surface area contributed by atoms with Crippen molar-refractivity contribution in [2.75, 3.05) is 9.80 Å². The number of hydrogen-bond acceptors (Lipinski definition) is 2. The smallest absolute Gasteiger partial charge is 0.0703 e. The highest BCUT2D eigenvalue weighted by molar-refractivity contribution is 9.10. The van der Waals surface area contributed by atoms with Gasteiger partial charge in [0.25, 0.3) is 0 Å². The fraction of sp³-hybridized carbons (Fsp3) is 0. The highest BCUT2D eigenvalue weighted by Crippen LogP contribution is 2.54. The number of anilines is 6. The molecule has 0 bridgehead atoms. The number of nitrogens with zero attached hydrogens (tertiary/aromatic N) is 2. The summed E-state index contributed by atoms with van der Waals surface area (Å²) in [5.74, 6) is 0. The Morgan fingerprint density at radius 1 is 0.394 bits per heavy atom. The zero-order chi connectivity index (χ0) is 22.2. The molecule has 2 nitrogen and oxygen atoms in total. The van der Waals surface area contributed by atoms with E-state index in [0.717, 1.165) is 38.6 Å². The van der Waals surface area contributed by atoms with Gasteiger partial charge in [-0.2, -0.15) is 0 Å². The van der Waals surface area contributed by atoms with E-state index in [0.29, 0.717) is 0 Å². The van der Waals surface area contributed by atoms with Gasteiger partial charge in [0.2, 0.25) is 0 Å². The van der Waals surface area contributed by atoms with E-state index in [4.69, 9.17) is 0 Å². The summed E-state index contributed by atoms with van der Waals surface area (Å²) in [6.07, 6.45) is 0. The van der Waals surface area contributed by atoms with Crippen LogP contribution in [0.25, 0.3) is 11.1 Å². The average Bonchev–Trinajstić information content (AvgIpc) is 2.88. The van der Waals surface area contributed by atoms with Gasteiger partial charge in [0.1, 0.15) is 0 Å². The Morgan fingerprint density at radius 2 is 0.848 bits per heavy atom. The van der Waals surface area contributed by atoms with Crippen LogP contribution >= 0.6 is 15.9 Å². The van der Waals surface area contributed by atoms with Crippen LogP contribution in [0.3, 0.4) is 0 Å². The molecule has 0 spiro atoms. The van der Waals surface area contributed by atoms with Gasteiger partial charge in [0.05, 0.1) is 22.7 Å². The second kappa shape index (κ2) is 8.27. The van der Waals surface area contributed by atoms with Crippen molar-refractivity contribution >= 4 is 50.1 Å². The monoisotopic (exact) mass is 488 g/mol. The standard InChI is InChI=1S/C30H21BrN2/c31-24-12-8-10-22(20-24)23-11-9-15-26(21-23)33-29-18-6-4-16-27(29)32(25-13-2-1-3-14-25)28-17-5-7-19-30(28)33/h1-21H. The molecule has 158 valence electrons. The van der Waals surface area contributed by atoms with E-state index >= 15 is 0 Å². The summed E-state index contributed by atoms with van der Waals surface area (Å²) in [5, 5.41) is 0. The van der Waals surface area contributed by atoms with Crippen molar-refractivity contribution in [3.8, 4) is 11.1 Å². The molecule has 0 N–H and O–H groups in total. The fourth-order valence-corrected chi connectivity index (χ4v) is 4.97. The van der Waals surface area contributed by atoms with Crippen molar-refractivity contribution in [2.24, 2.45) is 0 Å². The molecular formula is C30H21BrN2. The number of rotatable bonds is 3. The molecule has 0 aliphatic carbocycles. The normalized spacial score (nSPS) is 12.3. The van der Waals surface area contributed by atoms with Crippen molar-refractivity contribution in [1.82, 2.24) is 0 Å². The van der Waals surface area contributed by atoms with Crippen LogP contribution in [0.15, 0.2) is 132 Å². The summed E-state index contributed by atoms with van der Waals surface area (Å²) in [6, 6.07) is 45.0. The molecule has 0 saturated carbocycles. The maximum Gasteiger partial charge on any atom is 0.0703 e. The van der Waals surface area contributed by atoms with Gasteiger partial charge in [-0.15, -0.1) is 0 Å². The molecule has 0 atom stereocenters. The number of benzene rings is 5. The molecule has 1 aliphatic heterocycles. The number of hydrogen-bond donors (Lipinski definition) is 0. The Hall–Kier alpha value is -3.82. The van der Waals surface area contributed by atoms with Gasteiger partial charge in [-0.25, -0.2) is 0 Å². The lowest BCUT2D eigenvalue weighted by molar-refractivity contribution is 1.17. The predicted octanol–water partition coefficient (Wildman–Crippen LogP) is 9.37. The van der Waals surface area contributed by atoms with Crippen LogP contribution < -0.4 is 9.80 Å². The van der Waals surface area contributed by atoms with Crippen LogP contribution in [0.1, 0.15) is 0 Å². The maximum atomic E-state index is 3.61. The van der Waals surface area contributed by atoms with Crippen LogP contribution in [0.5, 0.6) is 0 Å². The van der Waals surface area contributed by atoms with Gasteiger partial charge in [-0.1, -0.05) is 82.7 Å². The highest BCUT2D eigenvalue weighted by atomic mass is 79.9. The average molecular weight is 489 g/mol. The summed E-state index contributed by atoms with van der Waals surface area (Å²) >= 11 is 3.61. The zero-order valence-corrected chi connectivity index (χ0v) is 19.5.